The maximum atomic E-state index is 9.61. The Balaban J connectivity index is 1.80. The lowest BCUT2D eigenvalue weighted by atomic mass is 9.86. The molecule has 2 aliphatic rings. The Hall–Kier alpha value is -0.120. The predicted molar refractivity (Wildman–Crippen MR) is 69.0 cm³/mol. The van der Waals surface area contributed by atoms with Crippen LogP contribution in [0.5, 0.6) is 0 Å². The smallest absolute Gasteiger partial charge is 0.0474 e. The van der Waals surface area contributed by atoms with Gasteiger partial charge in [0.05, 0.1) is 0 Å². The molecule has 0 aromatic rings. The number of ether oxygens (including phenoxy) is 1. The number of aliphatic hydroxyl groups is 1. The maximum Gasteiger partial charge on any atom is 0.0474 e. The van der Waals surface area contributed by atoms with Gasteiger partial charge in [-0.25, -0.2) is 0 Å². The maximum absolute atomic E-state index is 9.61. The number of hydrogen-bond acceptors (Lipinski definition) is 3. The molecule has 17 heavy (non-hydrogen) atoms. The molecule has 2 aliphatic heterocycles. The van der Waals surface area contributed by atoms with Gasteiger partial charge in [0.2, 0.25) is 0 Å². The summed E-state index contributed by atoms with van der Waals surface area (Å²) in [7, 11) is 0. The van der Waals surface area contributed by atoms with Crippen molar-refractivity contribution in [1.82, 2.24) is 4.90 Å². The summed E-state index contributed by atoms with van der Waals surface area (Å²) in [5, 5.41) is 9.61. The molecule has 1 unspecified atom stereocenters. The monoisotopic (exact) mass is 241 g/mol. The molecule has 2 heterocycles. The summed E-state index contributed by atoms with van der Waals surface area (Å²) in [5.74, 6) is 1.15. The van der Waals surface area contributed by atoms with Crippen LogP contribution in [0.2, 0.25) is 0 Å². The average Bonchev–Trinajstić information content (AvgIpc) is 2.65. The lowest BCUT2D eigenvalue weighted by molar-refractivity contribution is 0.0228. The molecule has 0 saturated carbocycles. The van der Waals surface area contributed by atoms with Crippen LogP contribution in [0.15, 0.2) is 0 Å². The second kappa shape index (κ2) is 7.34. The molecule has 1 N–H and O–H groups in total. The molecule has 3 heteroatoms. The molecule has 2 fully saturated rings. The largest absolute Gasteiger partial charge is 0.396 e. The van der Waals surface area contributed by atoms with Crippen LogP contribution >= 0.6 is 0 Å². The molecule has 100 valence electrons. The van der Waals surface area contributed by atoms with Crippen LogP contribution in [0, 0.1) is 11.8 Å². The molecule has 0 bridgehead atoms. The molecule has 0 aromatic carbocycles. The zero-order valence-electron chi connectivity index (χ0n) is 10.9. The molecule has 3 nitrogen and oxygen atoms in total. The van der Waals surface area contributed by atoms with Crippen LogP contribution in [0.1, 0.15) is 38.5 Å². The molecule has 1 atom stereocenters. The van der Waals surface area contributed by atoms with Crippen molar-refractivity contribution in [1.29, 1.82) is 0 Å². The summed E-state index contributed by atoms with van der Waals surface area (Å²) in [6.45, 7) is 5.70. The summed E-state index contributed by atoms with van der Waals surface area (Å²) >= 11 is 0. The van der Waals surface area contributed by atoms with Crippen molar-refractivity contribution in [2.24, 2.45) is 11.8 Å². The van der Waals surface area contributed by atoms with Crippen LogP contribution < -0.4 is 0 Å². The van der Waals surface area contributed by atoms with Gasteiger partial charge >= 0.3 is 0 Å². The van der Waals surface area contributed by atoms with E-state index in [1.807, 2.05) is 0 Å². The van der Waals surface area contributed by atoms with Gasteiger partial charge in [-0.05, 0) is 50.6 Å². The Morgan fingerprint density at radius 2 is 1.71 bits per heavy atom. The van der Waals surface area contributed by atoms with Gasteiger partial charge in [-0.2, -0.15) is 0 Å². The van der Waals surface area contributed by atoms with Gasteiger partial charge < -0.3 is 14.7 Å². The van der Waals surface area contributed by atoms with Crippen molar-refractivity contribution in [3.8, 4) is 0 Å². The van der Waals surface area contributed by atoms with Gasteiger partial charge in [-0.15, -0.1) is 0 Å². The fraction of sp³-hybridized carbons (Fsp3) is 1.00. The summed E-state index contributed by atoms with van der Waals surface area (Å²) in [5.41, 5.74) is 0. The summed E-state index contributed by atoms with van der Waals surface area (Å²) in [6, 6.07) is 0. The molecule has 0 aliphatic carbocycles. The summed E-state index contributed by atoms with van der Waals surface area (Å²) in [6.07, 6.45) is 7.73. The van der Waals surface area contributed by atoms with E-state index in [1.54, 1.807) is 0 Å². The highest BCUT2D eigenvalue weighted by Crippen LogP contribution is 2.25. The third kappa shape index (κ3) is 4.23. The van der Waals surface area contributed by atoms with Gasteiger partial charge in [0.1, 0.15) is 0 Å². The van der Waals surface area contributed by atoms with E-state index in [4.69, 9.17) is 4.74 Å². The first-order chi connectivity index (χ1) is 8.40. The average molecular weight is 241 g/mol. The van der Waals surface area contributed by atoms with Gasteiger partial charge in [-0.1, -0.05) is 12.8 Å². The Morgan fingerprint density at radius 1 is 1.06 bits per heavy atom. The van der Waals surface area contributed by atoms with Crippen molar-refractivity contribution >= 4 is 0 Å². The van der Waals surface area contributed by atoms with Gasteiger partial charge in [0.25, 0.3) is 0 Å². The fourth-order valence-electron chi connectivity index (χ4n) is 3.19. The van der Waals surface area contributed by atoms with Crippen LogP contribution in [0.4, 0.5) is 0 Å². The fourth-order valence-corrected chi connectivity index (χ4v) is 3.19. The Labute approximate surface area is 105 Å². The molecular weight excluding hydrogens is 214 g/mol. The minimum absolute atomic E-state index is 0.348. The van der Waals surface area contributed by atoms with E-state index in [2.05, 4.69) is 4.90 Å². The minimum Gasteiger partial charge on any atom is -0.396 e. The third-order valence-electron chi connectivity index (χ3n) is 4.36. The zero-order valence-corrected chi connectivity index (χ0v) is 10.9. The standard InChI is InChI=1S/C14H27NO2/c16-12-14(13-5-9-17-10-6-13)11-15-7-3-1-2-4-8-15/h13-14,16H,1-12H2. The number of rotatable bonds is 4. The molecule has 0 aromatic heterocycles. The van der Waals surface area contributed by atoms with E-state index in [0.29, 0.717) is 18.4 Å². The highest BCUT2D eigenvalue weighted by molar-refractivity contribution is 4.76. The quantitative estimate of drug-likeness (QED) is 0.816. The van der Waals surface area contributed by atoms with Crippen molar-refractivity contribution < 1.29 is 9.84 Å². The normalized spacial score (nSPS) is 26.6. The van der Waals surface area contributed by atoms with E-state index >= 15 is 0 Å². The Kier molecular flexibility index (Phi) is 5.75. The first kappa shape index (κ1) is 13.3. The first-order valence-electron chi connectivity index (χ1n) is 7.31. The number of nitrogens with zero attached hydrogens (tertiary/aromatic N) is 1. The molecule has 0 amide bonds. The van der Waals surface area contributed by atoms with Crippen LogP contribution in [0.25, 0.3) is 0 Å². The van der Waals surface area contributed by atoms with Crippen LogP contribution in [-0.4, -0.2) is 49.5 Å². The Bertz CT molecular complexity index is 196. The highest BCUT2D eigenvalue weighted by Gasteiger charge is 2.25. The van der Waals surface area contributed by atoms with Crippen LogP contribution in [-0.2, 0) is 4.74 Å². The van der Waals surface area contributed by atoms with E-state index in [9.17, 15) is 5.11 Å². The first-order valence-corrected chi connectivity index (χ1v) is 7.31. The van der Waals surface area contributed by atoms with Crippen molar-refractivity contribution in [2.45, 2.75) is 38.5 Å². The van der Waals surface area contributed by atoms with Gasteiger partial charge in [0.15, 0.2) is 0 Å². The molecule has 2 rings (SSSR count). The van der Waals surface area contributed by atoms with E-state index in [0.717, 1.165) is 32.6 Å². The van der Waals surface area contributed by atoms with E-state index < -0.39 is 0 Å². The van der Waals surface area contributed by atoms with E-state index in [1.165, 1.54) is 38.8 Å². The summed E-state index contributed by atoms with van der Waals surface area (Å²) < 4.78 is 5.41. The Morgan fingerprint density at radius 3 is 2.29 bits per heavy atom. The molecular formula is C14H27NO2. The second-order valence-electron chi connectivity index (χ2n) is 5.61. The van der Waals surface area contributed by atoms with Crippen molar-refractivity contribution in [3.63, 3.8) is 0 Å². The summed E-state index contributed by atoms with van der Waals surface area (Å²) in [4.78, 5) is 2.57. The third-order valence-corrected chi connectivity index (χ3v) is 4.36. The van der Waals surface area contributed by atoms with Gasteiger partial charge in [0, 0.05) is 26.4 Å². The lowest BCUT2D eigenvalue weighted by Gasteiger charge is -2.33. The minimum atomic E-state index is 0.348. The SMILES string of the molecule is OCC(CN1CCCCCC1)C1CCOCC1. The highest BCUT2D eigenvalue weighted by atomic mass is 16.5. The number of aliphatic hydroxyl groups excluding tert-OH is 1. The van der Waals surface area contributed by atoms with Crippen molar-refractivity contribution in [2.75, 3.05) is 39.5 Å². The molecule has 0 spiro atoms. The molecule has 0 radical (unpaired) electrons. The van der Waals surface area contributed by atoms with E-state index in [-0.39, 0.29) is 0 Å². The molecule has 2 saturated heterocycles. The lowest BCUT2D eigenvalue weighted by Crippen LogP contribution is -2.37. The number of likely N-dealkylation sites (tertiary alicyclic amines) is 1. The number of hydrogen-bond donors (Lipinski definition) is 1. The topological polar surface area (TPSA) is 32.7 Å². The predicted octanol–water partition coefficient (Wildman–Crippen LogP) is 1.90. The van der Waals surface area contributed by atoms with Crippen molar-refractivity contribution in [3.05, 3.63) is 0 Å². The zero-order chi connectivity index (χ0) is 11.9. The van der Waals surface area contributed by atoms with Crippen LogP contribution in [0.3, 0.4) is 0 Å². The second-order valence-corrected chi connectivity index (χ2v) is 5.61. The van der Waals surface area contributed by atoms with Gasteiger partial charge in [-0.3, -0.25) is 0 Å².